The van der Waals surface area contributed by atoms with E-state index in [1.54, 1.807) is 6.07 Å². The molecule has 0 aromatic heterocycles. The van der Waals surface area contributed by atoms with E-state index in [4.69, 9.17) is 25.2 Å². The van der Waals surface area contributed by atoms with E-state index in [0.29, 0.717) is 37.4 Å². The molecule has 2 aromatic rings. The van der Waals surface area contributed by atoms with Crippen LogP contribution in [0.25, 0.3) is 0 Å². The van der Waals surface area contributed by atoms with Crippen molar-refractivity contribution in [2.75, 3.05) is 13.1 Å². The highest BCUT2D eigenvalue weighted by atomic mass is 19.1. The number of imide groups is 1. The van der Waals surface area contributed by atoms with Crippen molar-refractivity contribution in [2.24, 2.45) is 5.92 Å². The van der Waals surface area contributed by atoms with Crippen molar-refractivity contribution in [3.63, 3.8) is 0 Å². The van der Waals surface area contributed by atoms with Crippen molar-refractivity contribution in [1.29, 1.82) is 0 Å². The highest BCUT2D eigenvalue weighted by Gasteiger charge is 2.74. The molecule has 1 spiro atoms. The molecule has 3 aliphatic carbocycles. The molecule has 3 fully saturated rings. The van der Waals surface area contributed by atoms with Gasteiger partial charge in [-0.15, -0.1) is 0 Å². The van der Waals surface area contributed by atoms with E-state index in [9.17, 15) is 33.8 Å². The number of halogens is 1. The summed E-state index contributed by atoms with van der Waals surface area (Å²) < 4.78 is 20.4. The van der Waals surface area contributed by atoms with Crippen LogP contribution in [0.4, 0.5) is 4.39 Å². The summed E-state index contributed by atoms with van der Waals surface area (Å²) in [6, 6.07) is 6.54. The highest BCUT2D eigenvalue weighted by Crippen LogP contribution is 2.66. The zero-order valence-electron chi connectivity index (χ0n) is 24.5. The number of aliphatic hydroxyl groups is 3. The number of phenols is 1. The third-order valence-corrected chi connectivity index (χ3v) is 10.7. The molecule has 6 N–H and O–H groups in total. The minimum absolute atomic E-state index is 0.0157. The number of piperidine rings is 1. The molecule has 2 amide bonds. The Balaban J connectivity index is 0.000000296. The van der Waals surface area contributed by atoms with Gasteiger partial charge in [0.05, 0.1) is 28.2 Å². The third-order valence-electron chi connectivity index (χ3n) is 10.7. The first-order chi connectivity index (χ1) is 21.8. The average molecular weight is 641 g/mol. The number of carbonyl (C=O) groups excluding carboxylic acids is 2. The highest BCUT2D eigenvalue weighted by molar-refractivity contribution is 6.21. The van der Waals surface area contributed by atoms with E-state index in [1.807, 2.05) is 6.07 Å². The maximum absolute atomic E-state index is 13.9. The van der Waals surface area contributed by atoms with Gasteiger partial charge in [0.2, 0.25) is 0 Å². The largest absolute Gasteiger partial charge is 0.504 e. The van der Waals surface area contributed by atoms with Gasteiger partial charge in [-0.2, -0.15) is 0 Å². The van der Waals surface area contributed by atoms with Gasteiger partial charge in [0.1, 0.15) is 11.9 Å². The first kappa shape index (κ1) is 30.5. The summed E-state index contributed by atoms with van der Waals surface area (Å²) >= 11 is 0. The van der Waals surface area contributed by atoms with E-state index < -0.39 is 64.9 Å². The van der Waals surface area contributed by atoms with E-state index in [0.717, 1.165) is 30.3 Å². The molecule has 1 saturated heterocycles. The number of carboxylic acid groups (broad SMARTS) is 2. The van der Waals surface area contributed by atoms with Crippen LogP contribution in [0.1, 0.15) is 63.9 Å². The summed E-state index contributed by atoms with van der Waals surface area (Å²) in [5.74, 6) is -4.00. The second kappa shape index (κ2) is 10.5. The lowest BCUT2D eigenvalue weighted by Gasteiger charge is -2.64. The molecule has 2 unspecified atom stereocenters. The topological polar surface area (TPSA) is 205 Å². The predicted molar refractivity (Wildman–Crippen MR) is 153 cm³/mol. The number of hydrogen-bond donors (Lipinski definition) is 6. The van der Waals surface area contributed by atoms with Crippen molar-refractivity contribution in [3.05, 3.63) is 58.4 Å². The van der Waals surface area contributed by atoms with Crippen LogP contribution in [-0.4, -0.2) is 113 Å². The van der Waals surface area contributed by atoms with Crippen LogP contribution in [-0.2, 0) is 21.4 Å². The Morgan fingerprint density at radius 2 is 1.65 bits per heavy atom. The number of benzene rings is 2. The molecule has 0 radical (unpaired) electrons. The average Bonchev–Trinajstić information content (AvgIpc) is 3.71. The van der Waals surface area contributed by atoms with Gasteiger partial charge in [-0.25, -0.2) is 14.0 Å². The summed E-state index contributed by atoms with van der Waals surface area (Å²) in [4.78, 5) is 50.1. The molecule has 244 valence electrons. The number of aliphatic carboxylic acids is 2. The molecule has 2 aromatic carbocycles. The molecular formula is C32H33FN2O11. The van der Waals surface area contributed by atoms with E-state index >= 15 is 0 Å². The molecule has 3 aliphatic heterocycles. The van der Waals surface area contributed by atoms with Gasteiger partial charge in [-0.1, -0.05) is 6.07 Å². The molecule has 13 nitrogen and oxygen atoms in total. The Morgan fingerprint density at radius 3 is 2.30 bits per heavy atom. The van der Waals surface area contributed by atoms with Crippen LogP contribution in [0, 0.1) is 11.7 Å². The van der Waals surface area contributed by atoms with E-state index in [-0.39, 0.29) is 22.9 Å². The Hall–Kier alpha value is -4.11. The maximum atomic E-state index is 13.9. The monoisotopic (exact) mass is 640 g/mol. The van der Waals surface area contributed by atoms with Crippen LogP contribution in [0.5, 0.6) is 11.5 Å². The van der Waals surface area contributed by atoms with Gasteiger partial charge in [0.15, 0.2) is 23.7 Å². The molecule has 7 atom stereocenters. The molecule has 2 saturated carbocycles. The zero-order valence-corrected chi connectivity index (χ0v) is 24.5. The summed E-state index contributed by atoms with van der Waals surface area (Å²) in [5, 5.41) is 55.9. The lowest BCUT2D eigenvalue weighted by molar-refractivity contribution is -0.196. The number of nitrogens with zero attached hydrogens (tertiary/aromatic N) is 2. The molecule has 2 bridgehead atoms. The van der Waals surface area contributed by atoms with Crippen LogP contribution >= 0.6 is 0 Å². The number of rotatable bonds is 6. The lowest BCUT2D eigenvalue weighted by atomic mass is 9.48. The first-order valence-electron chi connectivity index (χ1n) is 15.3. The van der Waals surface area contributed by atoms with E-state index in [2.05, 4.69) is 4.90 Å². The first-order valence-corrected chi connectivity index (χ1v) is 15.3. The SMILES string of the molecule is O=C(O)C(O)C(O)C(=O)O.O=C1c2ccc(F)cc2C(=O)N1[C@H]1CC[C@@]2(O)[C@H]3Cc4ccc(O)c5c4[C@@]2(CCN3CC2CC2)[C@H]1O5. The van der Waals surface area contributed by atoms with Crippen LogP contribution in [0.2, 0.25) is 0 Å². The third kappa shape index (κ3) is 4.20. The zero-order chi connectivity index (χ0) is 32.9. The van der Waals surface area contributed by atoms with Crippen LogP contribution < -0.4 is 4.74 Å². The fourth-order valence-corrected chi connectivity index (χ4v) is 8.52. The maximum Gasteiger partial charge on any atom is 0.335 e. The number of aromatic hydroxyl groups is 1. The van der Waals surface area contributed by atoms with Crippen molar-refractivity contribution in [1.82, 2.24) is 9.80 Å². The molecule has 6 aliphatic rings. The van der Waals surface area contributed by atoms with Crippen molar-refractivity contribution >= 4 is 23.8 Å². The summed E-state index contributed by atoms with van der Waals surface area (Å²) in [5.41, 5.74) is 0.244. The number of carbonyl (C=O) groups is 4. The van der Waals surface area contributed by atoms with Crippen molar-refractivity contribution in [3.8, 4) is 11.5 Å². The molecule has 8 rings (SSSR count). The fourth-order valence-electron chi connectivity index (χ4n) is 8.52. The number of likely N-dealkylation sites (tertiary alicyclic amines) is 1. The molecule has 3 heterocycles. The Labute approximate surface area is 261 Å². The second-order valence-corrected chi connectivity index (χ2v) is 13.1. The Kier molecular flexibility index (Phi) is 6.94. The number of phenolic OH excluding ortho intramolecular Hbond substituents is 1. The van der Waals surface area contributed by atoms with Gasteiger partial charge in [-0.05, 0) is 80.8 Å². The fraction of sp³-hybridized carbons (Fsp3) is 0.500. The predicted octanol–water partition coefficient (Wildman–Crippen LogP) is 0.638. The number of hydrogen-bond acceptors (Lipinski definition) is 10. The Morgan fingerprint density at radius 1 is 0.978 bits per heavy atom. The summed E-state index contributed by atoms with van der Waals surface area (Å²) in [7, 11) is 0. The smallest absolute Gasteiger partial charge is 0.335 e. The second-order valence-electron chi connectivity index (χ2n) is 13.1. The normalized spacial score (nSPS) is 31.7. The number of ether oxygens (including phenoxy) is 1. The van der Waals surface area contributed by atoms with Gasteiger partial charge in [-0.3, -0.25) is 19.4 Å². The lowest BCUT2D eigenvalue weighted by Crippen LogP contribution is -2.78. The van der Waals surface area contributed by atoms with Crippen molar-refractivity contribution < 1.29 is 58.9 Å². The van der Waals surface area contributed by atoms with Gasteiger partial charge < -0.3 is 35.4 Å². The van der Waals surface area contributed by atoms with Crippen LogP contribution in [0.15, 0.2) is 30.3 Å². The van der Waals surface area contributed by atoms with Crippen LogP contribution in [0.3, 0.4) is 0 Å². The standard InChI is InChI=1S/C28H27FN2O5.C4H6O6/c29-16-4-5-17-18(12-16)26(34)31(25(17)33)19-7-8-28(35)21-11-15-3-6-20(32)23-22(15)27(28,24(19)36-23)9-10-30(21)13-14-1-2-14;5-1(3(7)8)2(6)4(9)10/h3-6,12,14,19,21,24,32,35H,1-2,7-11,13H2;1-2,5-6H,(H,7,8)(H,9,10)/t19-,21+,24-,27-,28+;/m0./s1. The number of carboxylic acids is 2. The minimum Gasteiger partial charge on any atom is -0.504 e. The number of aliphatic hydroxyl groups excluding tert-OH is 2. The number of amides is 2. The quantitative estimate of drug-likeness (QED) is 0.241. The van der Waals surface area contributed by atoms with Crippen molar-refractivity contribution in [2.45, 2.75) is 79.9 Å². The summed E-state index contributed by atoms with van der Waals surface area (Å²) in [6.07, 6.45) is -0.652. The Bertz CT molecular complexity index is 1660. The molecule has 46 heavy (non-hydrogen) atoms. The van der Waals surface area contributed by atoms with Gasteiger partial charge in [0, 0.05) is 18.2 Å². The molecular weight excluding hydrogens is 607 g/mol. The molecule has 14 heteroatoms. The van der Waals surface area contributed by atoms with E-state index in [1.165, 1.54) is 29.9 Å². The minimum atomic E-state index is -2.27. The van der Waals surface area contributed by atoms with Gasteiger partial charge >= 0.3 is 11.9 Å². The summed E-state index contributed by atoms with van der Waals surface area (Å²) in [6.45, 7) is 1.76. The van der Waals surface area contributed by atoms with Gasteiger partial charge in [0.25, 0.3) is 11.8 Å². The number of fused-ring (bicyclic) bond motifs is 1.